The maximum Gasteiger partial charge on any atom is 0.407 e. The van der Waals surface area contributed by atoms with Gasteiger partial charge in [-0.3, -0.25) is 0 Å². The third kappa shape index (κ3) is 4.05. The molecule has 1 amide bonds. The normalized spacial score (nSPS) is 18.9. The van der Waals surface area contributed by atoms with Gasteiger partial charge in [0.25, 0.3) is 0 Å². The molecule has 1 aliphatic heterocycles. The highest BCUT2D eigenvalue weighted by atomic mass is 16.6. The zero-order valence-corrected chi connectivity index (χ0v) is 12.2. The molecule has 1 heterocycles. The van der Waals surface area contributed by atoms with Crippen molar-refractivity contribution in [1.29, 1.82) is 0 Å². The molecule has 110 valence electrons. The summed E-state index contributed by atoms with van der Waals surface area (Å²) in [6.07, 6.45) is 0.523. The van der Waals surface area contributed by atoms with E-state index in [0.717, 1.165) is 25.2 Å². The standard InChI is InChI=1S/C15H22N2O3/c1-15(2,3)20-14(19)16-11-8-9-17(10-11)12-4-6-13(18)7-5-12/h4-7,11,18H,8-10H2,1-3H3,(H,16,19). The first kappa shape index (κ1) is 14.5. The quantitative estimate of drug-likeness (QED) is 0.872. The van der Waals surface area contributed by atoms with Crippen molar-refractivity contribution in [3.63, 3.8) is 0 Å². The van der Waals surface area contributed by atoms with Crippen LogP contribution in [0.2, 0.25) is 0 Å². The van der Waals surface area contributed by atoms with E-state index in [1.54, 1.807) is 12.1 Å². The molecule has 20 heavy (non-hydrogen) atoms. The van der Waals surface area contributed by atoms with E-state index < -0.39 is 5.60 Å². The lowest BCUT2D eigenvalue weighted by Crippen LogP contribution is -2.40. The Balaban J connectivity index is 1.86. The van der Waals surface area contributed by atoms with Gasteiger partial charge in [-0.05, 0) is 51.5 Å². The number of hydrogen-bond acceptors (Lipinski definition) is 4. The third-order valence-corrected chi connectivity index (χ3v) is 3.12. The molecule has 1 fully saturated rings. The SMILES string of the molecule is CC(C)(C)OC(=O)NC1CCN(c2ccc(O)cc2)C1. The van der Waals surface area contributed by atoms with Crippen molar-refractivity contribution in [2.24, 2.45) is 0 Å². The number of phenols is 1. The number of rotatable bonds is 2. The number of carbonyl (C=O) groups is 1. The number of aromatic hydroxyl groups is 1. The average molecular weight is 278 g/mol. The second-order valence-electron chi connectivity index (χ2n) is 6.09. The van der Waals surface area contributed by atoms with Crippen LogP contribution in [-0.4, -0.2) is 35.9 Å². The summed E-state index contributed by atoms with van der Waals surface area (Å²) in [4.78, 5) is 13.9. The number of nitrogens with zero attached hydrogens (tertiary/aromatic N) is 1. The second-order valence-corrected chi connectivity index (χ2v) is 6.09. The van der Waals surface area contributed by atoms with Gasteiger partial charge in [-0.15, -0.1) is 0 Å². The van der Waals surface area contributed by atoms with Crippen molar-refractivity contribution in [2.75, 3.05) is 18.0 Å². The van der Waals surface area contributed by atoms with Crippen LogP contribution in [-0.2, 0) is 4.74 Å². The zero-order chi connectivity index (χ0) is 14.8. The number of ether oxygens (including phenoxy) is 1. The van der Waals surface area contributed by atoms with E-state index in [4.69, 9.17) is 4.74 Å². The van der Waals surface area contributed by atoms with Crippen molar-refractivity contribution < 1.29 is 14.6 Å². The Morgan fingerprint density at radius 2 is 2.00 bits per heavy atom. The smallest absolute Gasteiger partial charge is 0.407 e. The summed E-state index contributed by atoms with van der Waals surface area (Å²) in [5, 5.41) is 12.2. The Bertz CT molecular complexity index is 465. The summed E-state index contributed by atoms with van der Waals surface area (Å²) in [6, 6.07) is 7.20. The minimum Gasteiger partial charge on any atom is -0.508 e. The van der Waals surface area contributed by atoms with Crippen LogP contribution in [0.5, 0.6) is 5.75 Å². The van der Waals surface area contributed by atoms with E-state index in [1.807, 2.05) is 32.9 Å². The van der Waals surface area contributed by atoms with Crippen LogP contribution in [0.15, 0.2) is 24.3 Å². The maximum absolute atomic E-state index is 11.7. The monoisotopic (exact) mass is 278 g/mol. The highest BCUT2D eigenvalue weighted by Crippen LogP contribution is 2.22. The maximum atomic E-state index is 11.7. The second kappa shape index (κ2) is 5.61. The van der Waals surface area contributed by atoms with E-state index in [-0.39, 0.29) is 17.9 Å². The highest BCUT2D eigenvalue weighted by Gasteiger charge is 2.26. The number of benzene rings is 1. The molecule has 2 rings (SSSR count). The lowest BCUT2D eigenvalue weighted by molar-refractivity contribution is 0.0509. The molecule has 0 aliphatic carbocycles. The van der Waals surface area contributed by atoms with E-state index in [0.29, 0.717) is 0 Å². The largest absolute Gasteiger partial charge is 0.508 e. The van der Waals surface area contributed by atoms with E-state index in [1.165, 1.54) is 0 Å². The molecule has 1 aliphatic rings. The molecule has 1 saturated heterocycles. The van der Waals surface area contributed by atoms with E-state index in [9.17, 15) is 9.90 Å². The number of alkyl carbamates (subject to hydrolysis) is 1. The van der Waals surface area contributed by atoms with Gasteiger partial charge in [0.2, 0.25) is 0 Å². The van der Waals surface area contributed by atoms with Crippen LogP contribution in [0.4, 0.5) is 10.5 Å². The first-order valence-electron chi connectivity index (χ1n) is 6.87. The fraction of sp³-hybridized carbons (Fsp3) is 0.533. The summed E-state index contributed by atoms with van der Waals surface area (Å²) in [5.74, 6) is 0.261. The first-order chi connectivity index (χ1) is 9.33. The molecular weight excluding hydrogens is 256 g/mol. The molecule has 2 N–H and O–H groups in total. The van der Waals surface area contributed by atoms with Gasteiger partial charge in [0.05, 0.1) is 6.04 Å². The molecular formula is C15H22N2O3. The molecule has 5 nitrogen and oxygen atoms in total. The lowest BCUT2D eigenvalue weighted by Gasteiger charge is -2.22. The van der Waals surface area contributed by atoms with Gasteiger partial charge in [0.1, 0.15) is 11.4 Å². The molecule has 0 radical (unpaired) electrons. The summed E-state index contributed by atoms with van der Waals surface area (Å²) in [6.45, 7) is 7.19. The van der Waals surface area contributed by atoms with Gasteiger partial charge in [-0.25, -0.2) is 4.79 Å². The van der Waals surface area contributed by atoms with Gasteiger partial charge in [0, 0.05) is 18.8 Å². The summed E-state index contributed by atoms with van der Waals surface area (Å²) >= 11 is 0. The molecule has 1 aromatic rings. The number of carbonyl (C=O) groups excluding carboxylic acids is 1. The van der Waals surface area contributed by atoms with Crippen LogP contribution >= 0.6 is 0 Å². The molecule has 0 saturated carbocycles. The van der Waals surface area contributed by atoms with Gasteiger partial charge in [-0.1, -0.05) is 0 Å². The fourth-order valence-corrected chi connectivity index (χ4v) is 2.25. The van der Waals surface area contributed by atoms with Crippen LogP contribution < -0.4 is 10.2 Å². The number of phenolic OH excluding ortho intramolecular Hbond substituents is 1. The predicted octanol–water partition coefficient (Wildman–Crippen LogP) is 2.50. The highest BCUT2D eigenvalue weighted by molar-refractivity contribution is 5.68. The van der Waals surface area contributed by atoms with Crippen molar-refractivity contribution in [3.8, 4) is 5.75 Å². The van der Waals surface area contributed by atoms with Crippen LogP contribution in [0.1, 0.15) is 27.2 Å². The number of amides is 1. The molecule has 0 aromatic heterocycles. The summed E-state index contributed by atoms with van der Waals surface area (Å²) < 4.78 is 5.25. The van der Waals surface area contributed by atoms with Crippen molar-refractivity contribution in [3.05, 3.63) is 24.3 Å². The first-order valence-corrected chi connectivity index (χ1v) is 6.87. The Kier molecular flexibility index (Phi) is 4.06. The lowest BCUT2D eigenvalue weighted by atomic mass is 10.2. The molecule has 1 aromatic carbocycles. The van der Waals surface area contributed by atoms with Gasteiger partial charge >= 0.3 is 6.09 Å². The Morgan fingerprint density at radius 3 is 2.60 bits per heavy atom. The molecule has 0 bridgehead atoms. The Morgan fingerprint density at radius 1 is 1.35 bits per heavy atom. The minimum atomic E-state index is -0.473. The molecule has 0 spiro atoms. The molecule has 1 unspecified atom stereocenters. The minimum absolute atomic E-state index is 0.0960. The van der Waals surface area contributed by atoms with Gasteiger partial charge in [-0.2, -0.15) is 0 Å². The third-order valence-electron chi connectivity index (χ3n) is 3.12. The fourth-order valence-electron chi connectivity index (χ4n) is 2.25. The summed E-state index contributed by atoms with van der Waals surface area (Å²) in [5.41, 5.74) is 0.579. The van der Waals surface area contributed by atoms with E-state index in [2.05, 4.69) is 10.2 Å². The van der Waals surface area contributed by atoms with Crippen LogP contribution in [0, 0.1) is 0 Å². The topological polar surface area (TPSA) is 61.8 Å². The van der Waals surface area contributed by atoms with Gasteiger partial charge < -0.3 is 20.1 Å². The van der Waals surface area contributed by atoms with Crippen molar-refractivity contribution >= 4 is 11.8 Å². The number of nitrogens with one attached hydrogen (secondary N) is 1. The predicted molar refractivity (Wildman–Crippen MR) is 78.1 cm³/mol. The summed E-state index contributed by atoms with van der Waals surface area (Å²) in [7, 11) is 0. The van der Waals surface area contributed by atoms with Crippen molar-refractivity contribution in [1.82, 2.24) is 5.32 Å². The number of anilines is 1. The van der Waals surface area contributed by atoms with Crippen molar-refractivity contribution in [2.45, 2.75) is 38.8 Å². The number of hydrogen-bond donors (Lipinski definition) is 2. The van der Waals surface area contributed by atoms with E-state index >= 15 is 0 Å². The molecule has 1 atom stereocenters. The van der Waals surface area contributed by atoms with Crippen LogP contribution in [0.25, 0.3) is 0 Å². The zero-order valence-electron chi connectivity index (χ0n) is 12.2. The molecule has 5 heteroatoms. The Labute approximate surface area is 119 Å². The van der Waals surface area contributed by atoms with Crippen LogP contribution in [0.3, 0.4) is 0 Å². The van der Waals surface area contributed by atoms with Gasteiger partial charge in [0.15, 0.2) is 0 Å². The Hall–Kier alpha value is -1.91. The average Bonchev–Trinajstić information content (AvgIpc) is 2.75.